The van der Waals surface area contributed by atoms with Gasteiger partial charge in [-0.1, -0.05) is 11.6 Å². The Morgan fingerprint density at radius 3 is 2.63 bits per heavy atom. The van der Waals surface area contributed by atoms with E-state index in [0.29, 0.717) is 47.7 Å². The number of imidazole rings is 1. The minimum atomic E-state index is -3.65. The average Bonchev–Trinajstić information content (AvgIpc) is 3.59. The minimum absolute atomic E-state index is 0.155. The van der Waals surface area contributed by atoms with Crippen LogP contribution in [0, 0.1) is 0 Å². The Hall–Kier alpha value is -3.71. The summed E-state index contributed by atoms with van der Waals surface area (Å²) < 4.78 is 41.0. The first-order valence-corrected chi connectivity index (χ1v) is 15.6. The van der Waals surface area contributed by atoms with Crippen LogP contribution in [0.2, 0.25) is 5.02 Å². The second-order valence-electron chi connectivity index (χ2n) is 9.50. The second-order valence-corrected chi connectivity index (χ2v) is 12.7. The molecule has 3 aromatic heterocycles. The lowest BCUT2D eigenvalue weighted by molar-refractivity contribution is 0.326. The molecule has 0 aliphatic carbocycles. The molecule has 5 aromatic rings. The molecule has 0 unspecified atom stereocenters. The minimum Gasteiger partial charge on any atom is -0.493 e. The van der Waals surface area contributed by atoms with Gasteiger partial charge >= 0.3 is 0 Å². The molecule has 1 aliphatic rings. The lowest BCUT2D eigenvalue weighted by atomic mass is 10.1. The average molecular weight is 611 g/mol. The summed E-state index contributed by atoms with van der Waals surface area (Å²) in [4.78, 5) is 15.2. The summed E-state index contributed by atoms with van der Waals surface area (Å²) >= 11 is 7.49. The number of rotatable bonds is 8. The maximum absolute atomic E-state index is 13.3. The fourth-order valence-corrected chi connectivity index (χ4v) is 7.36. The van der Waals surface area contributed by atoms with Crippen LogP contribution in [0.25, 0.3) is 27.6 Å². The van der Waals surface area contributed by atoms with Crippen molar-refractivity contribution < 1.29 is 17.9 Å². The van der Waals surface area contributed by atoms with Gasteiger partial charge in [0.05, 0.1) is 30.5 Å². The van der Waals surface area contributed by atoms with Crippen LogP contribution < -0.4 is 14.8 Å². The summed E-state index contributed by atoms with van der Waals surface area (Å²) in [7, 11) is -0.447. The fraction of sp³-hybridized carbons (Fsp3) is 0.250. The molecule has 0 bridgehead atoms. The van der Waals surface area contributed by atoms with E-state index in [0.717, 1.165) is 28.3 Å². The summed E-state index contributed by atoms with van der Waals surface area (Å²) in [5.41, 5.74) is 3.10. The summed E-state index contributed by atoms with van der Waals surface area (Å²) in [5, 5.41) is 5.83. The normalized spacial score (nSPS) is 16.1. The van der Waals surface area contributed by atoms with Gasteiger partial charge in [0.25, 0.3) is 0 Å². The van der Waals surface area contributed by atoms with Crippen molar-refractivity contribution in [1.29, 1.82) is 0 Å². The van der Waals surface area contributed by atoms with Gasteiger partial charge in [0.2, 0.25) is 16.0 Å². The van der Waals surface area contributed by atoms with Gasteiger partial charge in [-0.15, -0.1) is 11.3 Å². The molecule has 0 amide bonds. The van der Waals surface area contributed by atoms with Crippen molar-refractivity contribution in [2.24, 2.45) is 0 Å². The van der Waals surface area contributed by atoms with Gasteiger partial charge in [0, 0.05) is 47.5 Å². The molecular formula is C28H27ClN6O4S2. The van der Waals surface area contributed by atoms with E-state index in [4.69, 9.17) is 31.0 Å². The Labute approximate surface area is 246 Å². The molecule has 1 fully saturated rings. The van der Waals surface area contributed by atoms with E-state index < -0.39 is 10.0 Å². The van der Waals surface area contributed by atoms with Crippen molar-refractivity contribution in [3.05, 3.63) is 71.3 Å². The number of methoxy groups -OCH3 is 2. The molecule has 1 aliphatic heterocycles. The Bertz CT molecular complexity index is 1810. The Morgan fingerprint density at radius 2 is 1.85 bits per heavy atom. The van der Waals surface area contributed by atoms with Crippen molar-refractivity contribution in [3.63, 3.8) is 0 Å². The molecule has 0 saturated carbocycles. The van der Waals surface area contributed by atoms with E-state index in [1.54, 1.807) is 32.5 Å². The Balaban J connectivity index is 1.29. The van der Waals surface area contributed by atoms with Crippen LogP contribution in [0.1, 0.15) is 12.8 Å². The summed E-state index contributed by atoms with van der Waals surface area (Å²) in [6.07, 6.45) is 5.16. The van der Waals surface area contributed by atoms with E-state index in [9.17, 15) is 8.42 Å². The highest BCUT2D eigenvalue weighted by atomic mass is 35.5. The lowest BCUT2D eigenvalue weighted by Crippen LogP contribution is -2.45. The topological polar surface area (TPSA) is 111 Å². The predicted molar refractivity (Wildman–Crippen MR) is 159 cm³/mol. The second kappa shape index (κ2) is 11.3. The molecule has 41 heavy (non-hydrogen) atoms. The van der Waals surface area contributed by atoms with Crippen LogP contribution in [0.3, 0.4) is 0 Å². The first-order valence-electron chi connectivity index (χ1n) is 12.9. The highest BCUT2D eigenvalue weighted by Gasteiger charge is 2.31. The number of ether oxygens (including phenoxy) is 2. The van der Waals surface area contributed by atoms with E-state index in [1.165, 1.54) is 27.8 Å². The van der Waals surface area contributed by atoms with Crippen molar-refractivity contribution in [3.8, 4) is 34.1 Å². The van der Waals surface area contributed by atoms with Crippen LogP contribution in [-0.4, -0.2) is 65.4 Å². The third kappa shape index (κ3) is 5.35. The molecule has 10 nitrogen and oxygen atoms in total. The zero-order chi connectivity index (χ0) is 28.6. The van der Waals surface area contributed by atoms with Gasteiger partial charge in [0.1, 0.15) is 5.69 Å². The number of benzene rings is 2. The molecule has 212 valence electrons. The maximum Gasteiger partial charge on any atom is 0.243 e. The lowest BCUT2D eigenvalue weighted by Gasteiger charge is -2.32. The molecule has 13 heteroatoms. The molecule has 1 N–H and O–H groups in total. The van der Waals surface area contributed by atoms with Crippen molar-refractivity contribution >= 4 is 43.9 Å². The van der Waals surface area contributed by atoms with Crippen LogP contribution in [0.5, 0.6) is 11.5 Å². The molecule has 0 radical (unpaired) electrons. The van der Waals surface area contributed by atoms with Crippen LogP contribution in [0.4, 0.5) is 5.95 Å². The van der Waals surface area contributed by atoms with Gasteiger partial charge in [-0.05, 0) is 61.4 Å². The van der Waals surface area contributed by atoms with Crippen molar-refractivity contribution in [2.75, 3.05) is 32.6 Å². The number of aromatic nitrogens is 4. The summed E-state index contributed by atoms with van der Waals surface area (Å²) in [6.45, 7) is 0.752. The van der Waals surface area contributed by atoms with Gasteiger partial charge < -0.3 is 14.8 Å². The van der Waals surface area contributed by atoms with Gasteiger partial charge in [-0.25, -0.2) is 23.4 Å². The molecule has 6 rings (SSSR count). The number of hydrogen-bond donors (Lipinski definition) is 1. The SMILES string of the molecule is COc1ccc(-c2nc3sccn3c2-c2ccnc(N[C@@H]3CCCN(S(=O)(=O)c4ccc(Cl)cc4)C3)n2)cc1OC. The van der Waals surface area contributed by atoms with E-state index in [-0.39, 0.29) is 10.9 Å². The standard InChI is InChI=1S/C28H27ClN6O4S2/c1-38-23-10-5-18(16-24(23)39-2)25-26(35-14-15-40-28(35)33-25)22-11-12-30-27(32-22)31-20-4-3-13-34(17-20)41(36,37)21-8-6-19(29)7-9-21/h5-12,14-16,20H,3-4,13,17H2,1-2H3,(H,30,31,32)/t20-/m1/s1. The van der Waals surface area contributed by atoms with Gasteiger partial charge in [-0.3, -0.25) is 4.40 Å². The fourth-order valence-electron chi connectivity index (χ4n) is 4.99. The number of hydrogen-bond acceptors (Lipinski definition) is 9. The third-order valence-corrected chi connectivity index (χ3v) is 9.87. The largest absolute Gasteiger partial charge is 0.493 e. The van der Waals surface area contributed by atoms with Crippen LogP contribution in [-0.2, 0) is 10.0 Å². The number of anilines is 1. The number of sulfonamides is 1. The van der Waals surface area contributed by atoms with E-state index in [2.05, 4.69) is 10.3 Å². The predicted octanol–water partition coefficient (Wildman–Crippen LogP) is 5.46. The number of nitrogens with zero attached hydrogens (tertiary/aromatic N) is 5. The molecule has 4 heterocycles. The van der Waals surface area contributed by atoms with Crippen molar-refractivity contribution in [1.82, 2.24) is 23.7 Å². The quantitative estimate of drug-likeness (QED) is 0.247. The monoisotopic (exact) mass is 610 g/mol. The van der Waals surface area contributed by atoms with E-state index in [1.807, 2.05) is 40.2 Å². The zero-order valence-electron chi connectivity index (χ0n) is 22.3. The van der Waals surface area contributed by atoms with Gasteiger partial charge in [-0.2, -0.15) is 4.31 Å². The molecule has 1 saturated heterocycles. The first kappa shape index (κ1) is 27.5. The smallest absolute Gasteiger partial charge is 0.243 e. The summed E-state index contributed by atoms with van der Waals surface area (Å²) in [5.74, 6) is 1.65. The van der Waals surface area contributed by atoms with Crippen molar-refractivity contribution in [2.45, 2.75) is 23.8 Å². The maximum atomic E-state index is 13.3. The number of halogens is 1. The molecule has 1 atom stereocenters. The van der Waals surface area contributed by atoms with E-state index >= 15 is 0 Å². The number of piperidine rings is 1. The third-order valence-electron chi connectivity index (χ3n) is 6.99. The Kier molecular flexibility index (Phi) is 7.56. The highest BCUT2D eigenvalue weighted by molar-refractivity contribution is 7.89. The zero-order valence-corrected chi connectivity index (χ0v) is 24.7. The van der Waals surface area contributed by atoms with Crippen LogP contribution >= 0.6 is 22.9 Å². The molecule has 0 spiro atoms. The van der Waals surface area contributed by atoms with Crippen LogP contribution in [0.15, 0.2) is 71.2 Å². The number of thiazole rings is 1. The summed E-state index contributed by atoms with van der Waals surface area (Å²) in [6, 6.07) is 13.6. The highest BCUT2D eigenvalue weighted by Crippen LogP contribution is 2.38. The molecular weight excluding hydrogens is 584 g/mol. The number of fused-ring (bicyclic) bond motifs is 1. The Morgan fingerprint density at radius 1 is 1.05 bits per heavy atom. The van der Waals surface area contributed by atoms with Gasteiger partial charge in [0.15, 0.2) is 16.5 Å². The molecule has 2 aromatic carbocycles. The number of nitrogens with one attached hydrogen (secondary N) is 1. The first-order chi connectivity index (χ1) is 19.9.